The number of nitrogens with zero attached hydrogens (tertiary/aromatic N) is 2. The van der Waals surface area contributed by atoms with Crippen molar-refractivity contribution in [3.63, 3.8) is 0 Å². The summed E-state index contributed by atoms with van der Waals surface area (Å²) in [6.07, 6.45) is 2.71. The lowest BCUT2D eigenvalue weighted by Crippen LogP contribution is -2.47. The van der Waals surface area contributed by atoms with Gasteiger partial charge in [0.15, 0.2) is 0 Å². The molecule has 6 nitrogen and oxygen atoms in total. The molecule has 1 N–H and O–H groups in total. The maximum Gasteiger partial charge on any atom is 0.234 e. The number of piperidine rings is 1. The van der Waals surface area contributed by atoms with E-state index in [9.17, 15) is 13.2 Å². The predicted octanol–water partition coefficient (Wildman–Crippen LogP) is 1.31. The number of carbonyl (C=O) groups excluding carboxylic acids is 1. The fraction of sp³-hybridized carbons (Fsp3) is 0.562. The highest BCUT2D eigenvalue weighted by Crippen LogP contribution is 2.17. The Kier molecular flexibility index (Phi) is 6.62. The van der Waals surface area contributed by atoms with Gasteiger partial charge in [0, 0.05) is 37.7 Å². The van der Waals surface area contributed by atoms with Gasteiger partial charge in [-0.1, -0.05) is 23.7 Å². The summed E-state index contributed by atoms with van der Waals surface area (Å²) < 4.78 is 24.6. The van der Waals surface area contributed by atoms with Gasteiger partial charge in [-0.15, -0.1) is 0 Å². The third-order valence-electron chi connectivity index (χ3n) is 4.36. The lowest BCUT2D eigenvalue weighted by molar-refractivity contribution is -0.122. The van der Waals surface area contributed by atoms with E-state index in [-0.39, 0.29) is 11.9 Å². The van der Waals surface area contributed by atoms with Crippen LogP contribution in [-0.2, 0) is 21.4 Å². The zero-order valence-corrected chi connectivity index (χ0v) is 15.6. The zero-order chi connectivity index (χ0) is 17.7. The number of likely N-dealkylation sites (tertiary alicyclic amines) is 1. The third kappa shape index (κ3) is 5.73. The first-order chi connectivity index (χ1) is 11.3. The van der Waals surface area contributed by atoms with E-state index in [2.05, 4.69) is 10.2 Å². The Morgan fingerprint density at radius 2 is 1.88 bits per heavy atom. The lowest BCUT2D eigenvalue weighted by atomic mass is 10.1. The van der Waals surface area contributed by atoms with Crippen LogP contribution in [0.3, 0.4) is 0 Å². The second-order valence-corrected chi connectivity index (χ2v) is 8.67. The number of halogens is 1. The fourth-order valence-corrected chi connectivity index (χ4v) is 3.65. The molecule has 0 saturated carbocycles. The molecule has 8 heteroatoms. The van der Waals surface area contributed by atoms with Gasteiger partial charge in [0.25, 0.3) is 0 Å². The van der Waals surface area contributed by atoms with Gasteiger partial charge < -0.3 is 5.32 Å². The summed E-state index contributed by atoms with van der Waals surface area (Å²) in [5, 5.41) is 3.57. The minimum absolute atomic E-state index is 0.0216. The van der Waals surface area contributed by atoms with Crippen LogP contribution in [0.5, 0.6) is 0 Å². The molecule has 0 bridgehead atoms. The molecule has 2 rings (SSSR count). The largest absolute Gasteiger partial charge is 0.351 e. The van der Waals surface area contributed by atoms with Crippen LogP contribution in [-0.4, -0.2) is 62.5 Å². The Labute approximate surface area is 148 Å². The molecule has 24 heavy (non-hydrogen) atoms. The highest BCUT2D eigenvalue weighted by atomic mass is 35.5. The average molecular weight is 374 g/mol. The van der Waals surface area contributed by atoms with Crippen LogP contribution in [0.2, 0.25) is 5.02 Å². The number of nitrogens with one attached hydrogen (secondary N) is 1. The minimum atomic E-state index is -3.16. The van der Waals surface area contributed by atoms with Gasteiger partial charge in [0.2, 0.25) is 15.9 Å². The van der Waals surface area contributed by atoms with E-state index in [0.29, 0.717) is 18.1 Å². The Morgan fingerprint density at radius 3 is 2.42 bits per heavy atom. The third-order valence-corrected chi connectivity index (χ3v) is 5.96. The summed E-state index contributed by atoms with van der Waals surface area (Å²) in [4.78, 5) is 14.1. The van der Waals surface area contributed by atoms with Crippen LogP contribution in [0.1, 0.15) is 18.4 Å². The van der Waals surface area contributed by atoms with E-state index in [1.165, 1.54) is 10.6 Å². The lowest BCUT2D eigenvalue weighted by Gasteiger charge is -2.35. The second kappa shape index (κ2) is 8.29. The standard InChI is InChI=1S/C16H24ClN3O3S/c1-19(24(2,22)23)15-7-9-20(10-8-15)12-16(21)18-11-13-3-5-14(17)6-4-13/h3-6,15H,7-12H2,1-2H3,(H,18,21). The second-order valence-electron chi connectivity index (χ2n) is 6.19. The van der Waals surface area contributed by atoms with E-state index < -0.39 is 10.0 Å². The van der Waals surface area contributed by atoms with E-state index in [4.69, 9.17) is 11.6 Å². The van der Waals surface area contributed by atoms with Crippen molar-refractivity contribution < 1.29 is 13.2 Å². The number of rotatable bonds is 6. The summed E-state index contributed by atoms with van der Waals surface area (Å²) in [5.41, 5.74) is 1.00. The van der Waals surface area contributed by atoms with Gasteiger partial charge in [0.05, 0.1) is 12.8 Å². The van der Waals surface area contributed by atoms with E-state index >= 15 is 0 Å². The number of hydrogen-bond donors (Lipinski definition) is 1. The number of sulfonamides is 1. The maximum atomic E-state index is 12.0. The summed E-state index contributed by atoms with van der Waals surface area (Å²) in [6, 6.07) is 7.39. The first kappa shape index (κ1) is 19.2. The van der Waals surface area contributed by atoms with Crippen LogP contribution in [0.4, 0.5) is 0 Å². The molecule has 1 heterocycles. The van der Waals surface area contributed by atoms with Crippen molar-refractivity contribution in [2.24, 2.45) is 0 Å². The number of benzene rings is 1. The van der Waals surface area contributed by atoms with Crippen LogP contribution < -0.4 is 5.32 Å². The molecule has 1 aromatic carbocycles. The van der Waals surface area contributed by atoms with Gasteiger partial charge in [0.1, 0.15) is 0 Å². The van der Waals surface area contributed by atoms with Gasteiger partial charge in [-0.2, -0.15) is 0 Å². The molecular weight excluding hydrogens is 350 g/mol. The van der Waals surface area contributed by atoms with Crippen LogP contribution in [0.25, 0.3) is 0 Å². The first-order valence-electron chi connectivity index (χ1n) is 7.92. The zero-order valence-electron chi connectivity index (χ0n) is 14.0. The van der Waals surface area contributed by atoms with E-state index in [1.54, 1.807) is 19.2 Å². The van der Waals surface area contributed by atoms with Crippen LogP contribution in [0, 0.1) is 0 Å². The summed E-state index contributed by atoms with van der Waals surface area (Å²) in [5.74, 6) is -0.0279. The number of amides is 1. The Bertz CT molecular complexity index is 656. The number of hydrogen-bond acceptors (Lipinski definition) is 4. The Morgan fingerprint density at radius 1 is 1.29 bits per heavy atom. The first-order valence-corrected chi connectivity index (χ1v) is 10.1. The van der Waals surface area contributed by atoms with Gasteiger partial charge in [-0.05, 0) is 30.5 Å². The van der Waals surface area contributed by atoms with Crippen LogP contribution in [0.15, 0.2) is 24.3 Å². The molecule has 0 radical (unpaired) electrons. The fourth-order valence-electron chi connectivity index (χ4n) is 2.77. The van der Waals surface area contributed by atoms with Gasteiger partial charge in [-0.25, -0.2) is 12.7 Å². The Balaban J connectivity index is 1.73. The molecule has 1 aliphatic rings. The maximum absolute atomic E-state index is 12.0. The van der Waals surface area contributed by atoms with Crippen molar-refractivity contribution in [1.29, 1.82) is 0 Å². The molecule has 0 aliphatic carbocycles. The molecule has 1 fully saturated rings. The summed E-state index contributed by atoms with van der Waals surface area (Å²) in [7, 11) is -1.54. The molecule has 1 aromatic rings. The molecule has 0 spiro atoms. The average Bonchev–Trinajstić information content (AvgIpc) is 2.53. The minimum Gasteiger partial charge on any atom is -0.351 e. The quantitative estimate of drug-likeness (QED) is 0.816. The van der Waals surface area contributed by atoms with Crippen molar-refractivity contribution in [3.8, 4) is 0 Å². The monoisotopic (exact) mass is 373 g/mol. The van der Waals surface area contributed by atoms with Gasteiger partial charge in [-0.3, -0.25) is 9.69 Å². The molecule has 1 aliphatic heterocycles. The van der Waals surface area contributed by atoms with Crippen molar-refractivity contribution in [1.82, 2.24) is 14.5 Å². The molecular formula is C16H24ClN3O3S. The number of carbonyl (C=O) groups is 1. The van der Waals surface area contributed by atoms with Crippen molar-refractivity contribution in [2.45, 2.75) is 25.4 Å². The molecule has 0 unspecified atom stereocenters. The molecule has 1 saturated heterocycles. The van der Waals surface area contributed by atoms with Crippen molar-refractivity contribution in [2.75, 3.05) is 32.9 Å². The van der Waals surface area contributed by atoms with E-state index in [1.807, 2.05) is 12.1 Å². The van der Waals surface area contributed by atoms with Crippen LogP contribution >= 0.6 is 11.6 Å². The van der Waals surface area contributed by atoms with Crippen molar-refractivity contribution in [3.05, 3.63) is 34.9 Å². The highest BCUT2D eigenvalue weighted by molar-refractivity contribution is 7.88. The topological polar surface area (TPSA) is 69.7 Å². The molecule has 0 aromatic heterocycles. The summed E-state index contributed by atoms with van der Waals surface area (Å²) in [6.45, 7) is 2.25. The Hall–Kier alpha value is -1.15. The SMILES string of the molecule is CN(C1CCN(CC(=O)NCc2ccc(Cl)cc2)CC1)S(C)(=O)=O. The normalized spacial score (nSPS) is 17.2. The molecule has 0 atom stereocenters. The molecule has 134 valence electrons. The molecule has 1 amide bonds. The van der Waals surface area contributed by atoms with Crippen molar-refractivity contribution >= 4 is 27.5 Å². The predicted molar refractivity (Wildman–Crippen MR) is 95.4 cm³/mol. The van der Waals surface area contributed by atoms with E-state index in [0.717, 1.165) is 31.5 Å². The smallest absolute Gasteiger partial charge is 0.234 e. The van der Waals surface area contributed by atoms with Gasteiger partial charge >= 0.3 is 0 Å². The summed E-state index contributed by atoms with van der Waals surface area (Å²) >= 11 is 5.83. The highest BCUT2D eigenvalue weighted by Gasteiger charge is 2.27.